The fraction of sp³-hybridized carbons (Fsp3) is 0.923. The van der Waals surface area contributed by atoms with Gasteiger partial charge in [0, 0.05) is 12.6 Å². The van der Waals surface area contributed by atoms with Crippen LogP contribution >= 0.6 is 0 Å². The topological polar surface area (TPSA) is 40.5 Å². The van der Waals surface area contributed by atoms with Crippen molar-refractivity contribution in [2.45, 2.75) is 45.1 Å². The number of carboxylic acid groups (broad SMARTS) is 1. The Hall–Kier alpha value is -0.570. The van der Waals surface area contributed by atoms with Crippen molar-refractivity contribution in [3.8, 4) is 0 Å². The molecule has 2 saturated carbocycles. The van der Waals surface area contributed by atoms with Crippen molar-refractivity contribution in [1.29, 1.82) is 0 Å². The predicted molar refractivity (Wildman–Crippen MR) is 63.3 cm³/mol. The quantitative estimate of drug-likeness (QED) is 0.797. The normalized spacial score (nSPS) is 35.3. The van der Waals surface area contributed by atoms with E-state index in [2.05, 4.69) is 18.9 Å². The molecule has 3 atom stereocenters. The first-order valence-corrected chi connectivity index (χ1v) is 6.51. The van der Waals surface area contributed by atoms with Gasteiger partial charge in [0.25, 0.3) is 0 Å². The molecule has 16 heavy (non-hydrogen) atoms. The maximum absolute atomic E-state index is 11.3. The molecule has 0 amide bonds. The van der Waals surface area contributed by atoms with Crippen molar-refractivity contribution in [1.82, 2.24) is 4.90 Å². The van der Waals surface area contributed by atoms with Crippen molar-refractivity contribution in [3.63, 3.8) is 0 Å². The average Bonchev–Trinajstić information content (AvgIpc) is 3.01. The molecule has 0 aromatic heterocycles. The van der Waals surface area contributed by atoms with Gasteiger partial charge in [-0.25, -0.2) is 0 Å². The summed E-state index contributed by atoms with van der Waals surface area (Å²) in [6.45, 7) is 3.34. The first kappa shape index (κ1) is 11.9. The van der Waals surface area contributed by atoms with Crippen molar-refractivity contribution in [2.24, 2.45) is 17.8 Å². The summed E-state index contributed by atoms with van der Waals surface area (Å²) in [5, 5.41) is 9.27. The molecule has 2 fully saturated rings. The molecule has 0 spiro atoms. The van der Waals surface area contributed by atoms with Crippen LogP contribution in [-0.2, 0) is 4.79 Å². The van der Waals surface area contributed by atoms with Crippen molar-refractivity contribution in [3.05, 3.63) is 0 Å². The maximum Gasteiger partial charge on any atom is 0.308 e. The Labute approximate surface area is 97.8 Å². The van der Waals surface area contributed by atoms with Crippen LogP contribution in [0.4, 0.5) is 0 Å². The lowest BCUT2D eigenvalue weighted by Gasteiger charge is -2.38. The molecule has 0 radical (unpaired) electrons. The second kappa shape index (κ2) is 4.74. The number of nitrogens with zero attached hydrogens (tertiary/aromatic N) is 1. The molecule has 3 nitrogen and oxygen atoms in total. The Balaban J connectivity index is 1.97. The van der Waals surface area contributed by atoms with E-state index < -0.39 is 5.97 Å². The summed E-state index contributed by atoms with van der Waals surface area (Å²) >= 11 is 0. The standard InChI is InChI=1S/C13H23NO2/c1-9-3-6-11(13(15)16)12(7-9)14(2)8-10-4-5-10/h9-12H,3-8H2,1-2H3,(H,15,16). The van der Waals surface area contributed by atoms with Crippen LogP contribution in [0, 0.1) is 17.8 Å². The SMILES string of the molecule is CC1CCC(C(=O)O)C(N(C)CC2CC2)C1. The molecule has 2 aliphatic rings. The third kappa shape index (κ3) is 2.76. The third-order valence-electron chi connectivity index (χ3n) is 4.21. The molecule has 1 N–H and O–H groups in total. The zero-order valence-electron chi connectivity index (χ0n) is 10.4. The van der Waals surface area contributed by atoms with E-state index in [0.29, 0.717) is 5.92 Å². The van der Waals surface area contributed by atoms with Crippen LogP contribution in [-0.4, -0.2) is 35.6 Å². The van der Waals surface area contributed by atoms with Crippen molar-refractivity contribution < 1.29 is 9.90 Å². The second-order valence-electron chi connectivity index (χ2n) is 5.81. The molecule has 3 unspecified atom stereocenters. The lowest BCUT2D eigenvalue weighted by atomic mass is 9.78. The summed E-state index contributed by atoms with van der Waals surface area (Å²) < 4.78 is 0. The first-order valence-electron chi connectivity index (χ1n) is 6.51. The summed E-state index contributed by atoms with van der Waals surface area (Å²) in [6, 6.07) is 0.266. The highest BCUT2D eigenvalue weighted by Gasteiger charge is 2.37. The van der Waals surface area contributed by atoms with Gasteiger partial charge in [-0.05, 0) is 51.0 Å². The van der Waals surface area contributed by atoms with Gasteiger partial charge in [-0.1, -0.05) is 6.92 Å². The van der Waals surface area contributed by atoms with Gasteiger partial charge in [0.05, 0.1) is 5.92 Å². The van der Waals surface area contributed by atoms with Gasteiger partial charge in [-0.2, -0.15) is 0 Å². The van der Waals surface area contributed by atoms with Gasteiger partial charge in [0.2, 0.25) is 0 Å². The highest BCUT2D eigenvalue weighted by Crippen LogP contribution is 2.35. The van der Waals surface area contributed by atoms with Crippen molar-refractivity contribution in [2.75, 3.05) is 13.6 Å². The minimum Gasteiger partial charge on any atom is -0.481 e. The van der Waals surface area contributed by atoms with Gasteiger partial charge < -0.3 is 10.0 Å². The molecule has 0 aromatic carbocycles. The third-order valence-corrected chi connectivity index (χ3v) is 4.21. The van der Waals surface area contributed by atoms with Crippen LogP contribution in [0.15, 0.2) is 0 Å². The van der Waals surface area contributed by atoms with E-state index in [9.17, 15) is 9.90 Å². The van der Waals surface area contributed by atoms with Crippen LogP contribution in [0.3, 0.4) is 0 Å². The first-order chi connectivity index (χ1) is 7.58. The molecule has 2 aliphatic carbocycles. The van der Waals surface area contributed by atoms with E-state index in [1.165, 1.54) is 12.8 Å². The van der Waals surface area contributed by atoms with Crippen molar-refractivity contribution >= 4 is 5.97 Å². The van der Waals surface area contributed by atoms with E-state index in [1.807, 2.05) is 0 Å². The molecule has 0 heterocycles. The molecule has 0 saturated heterocycles. The number of carbonyl (C=O) groups is 1. The van der Waals surface area contributed by atoms with Crippen LogP contribution in [0.25, 0.3) is 0 Å². The molecule has 2 rings (SSSR count). The monoisotopic (exact) mass is 225 g/mol. The zero-order valence-corrected chi connectivity index (χ0v) is 10.4. The van der Waals surface area contributed by atoms with Gasteiger partial charge in [0.1, 0.15) is 0 Å². The number of carboxylic acids is 1. The largest absolute Gasteiger partial charge is 0.481 e. The Kier molecular flexibility index (Phi) is 3.53. The summed E-state index contributed by atoms with van der Waals surface area (Å²) in [6.07, 6.45) is 5.66. The van der Waals surface area contributed by atoms with Crippen LogP contribution in [0.5, 0.6) is 0 Å². The number of rotatable bonds is 4. The van der Waals surface area contributed by atoms with Crippen LogP contribution in [0.2, 0.25) is 0 Å². The van der Waals surface area contributed by atoms with Gasteiger partial charge in [-0.15, -0.1) is 0 Å². The van der Waals surface area contributed by atoms with E-state index in [1.54, 1.807) is 0 Å². The van der Waals surface area contributed by atoms with Gasteiger partial charge in [-0.3, -0.25) is 4.79 Å². The molecular weight excluding hydrogens is 202 g/mol. The Bertz CT molecular complexity index is 263. The van der Waals surface area contributed by atoms with E-state index in [4.69, 9.17) is 0 Å². The highest BCUT2D eigenvalue weighted by atomic mass is 16.4. The average molecular weight is 225 g/mol. The molecule has 3 heteroatoms. The lowest BCUT2D eigenvalue weighted by Crippen LogP contribution is -2.45. The molecule has 0 aliphatic heterocycles. The zero-order chi connectivity index (χ0) is 11.7. The minimum absolute atomic E-state index is 0.139. The summed E-state index contributed by atoms with van der Waals surface area (Å²) in [4.78, 5) is 13.6. The summed E-state index contributed by atoms with van der Waals surface area (Å²) in [7, 11) is 2.11. The fourth-order valence-electron chi connectivity index (χ4n) is 2.97. The number of hydrogen-bond acceptors (Lipinski definition) is 2. The Morgan fingerprint density at radius 3 is 2.56 bits per heavy atom. The molecule has 92 valence electrons. The predicted octanol–water partition coefficient (Wildman–Crippen LogP) is 2.22. The number of aliphatic carboxylic acids is 1. The minimum atomic E-state index is -0.598. The molecular formula is C13H23NO2. The second-order valence-corrected chi connectivity index (χ2v) is 5.81. The maximum atomic E-state index is 11.3. The fourth-order valence-corrected chi connectivity index (χ4v) is 2.97. The molecule has 0 aromatic rings. The molecule has 0 bridgehead atoms. The van der Waals surface area contributed by atoms with E-state index in [-0.39, 0.29) is 12.0 Å². The summed E-state index contributed by atoms with van der Waals surface area (Å²) in [5.41, 5.74) is 0. The number of hydrogen-bond donors (Lipinski definition) is 1. The van der Waals surface area contributed by atoms with Gasteiger partial charge in [0.15, 0.2) is 0 Å². The summed E-state index contributed by atoms with van der Waals surface area (Å²) in [5.74, 6) is 0.790. The van der Waals surface area contributed by atoms with Crippen LogP contribution in [0.1, 0.15) is 39.0 Å². The Morgan fingerprint density at radius 2 is 2.00 bits per heavy atom. The lowest BCUT2D eigenvalue weighted by molar-refractivity contribution is -0.146. The van der Waals surface area contributed by atoms with E-state index >= 15 is 0 Å². The Morgan fingerprint density at radius 1 is 1.31 bits per heavy atom. The van der Waals surface area contributed by atoms with Gasteiger partial charge >= 0.3 is 5.97 Å². The highest BCUT2D eigenvalue weighted by molar-refractivity contribution is 5.71. The van der Waals surface area contributed by atoms with Crippen LogP contribution < -0.4 is 0 Å². The smallest absolute Gasteiger partial charge is 0.308 e. The van der Waals surface area contributed by atoms with E-state index in [0.717, 1.165) is 31.7 Å².